The molecule has 1 saturated heterocycles. The predicted octanol–water partition coefficient (Wildman–Crippen LogP) is 2.29. The third-order valence-corrected chi connectivity index (χ3v) is 5.06. The Morgan fingerprint density at radius 2 is 2.24 bits per heavy atom. The second-order valence-corrected chi connectivity index (χ2v) is 6.81. The van der Waals surface area contributed by atoms with Crippen molar-refractivity contribution in [1.82, 2.24) is 9.88 Å². The molecular weight excluding hydrogens is 282 g/mol. The molecule has 0 spiro atoms. The highest BCUT2D eigenvalue weighted by Gasteiger charge is 2.24. The van der Waals surface area contributed by atoms with Crippen LogP contribution in [0.15, 0.2) is 24.4 Å². The number of nitrogens with zero attached hydrogens (tertiary/aromatic N) is 2. The molecule has 2 rings (SSSR count). The van der Waals surface area contributed by atoms with Crippen molar-refractivity contribution in [3.05, 3.63) is 30.1 Å². The van der Waals surface area contributed by atoms with Gasteiger partial charge in [-0.15, -0.1) is 0 Å². The molecular formula is C16H25N3OS. The van der Waals surface area contributed by atoms with Gasteiger partial charge < -0.3 is 10.6 Å². The average Bonchev–Trinajstić information content (AvgIpc) is 2.52. The molecule has 1 atom stereocenters. The van der Waals surface area contributed by atoms with Gasteiger partial charge in [-0.25, -0.2) is 0 Å². The first-order valence-corrected chi connectivity index (χ1v) is 8.83. The number of likely N-dealkylation sites (tertiary alicyclic amines) is 1. The standard InChI is InChI=1S/C16H25N3OS/c1-13(17)14-5-9-19(10-6-14)16(20)7-11-21-12-15-4-2-3-8-18-15/h2-4,8,13-14H,5-7,9-12,17H2,1H3. The first-order chi connectivity index (χ1) is 10.2. The topological polar surface area (TPSA) is 59.2 Å². The van der Waals surface area contributed by atoms with E-state index in [2.05, 4.69) is 11.9 Å². The lowest BCUT2D eigenvalue weighted by Gasteiger charge is -2.33. The highest BCUT2D eigenvalue weighted by atomic mass is 32.2. The van der Waals surface area contributed by atoms with Crippen molar-refractivity contribution in [2.24, 2.45) is 11.7 Å². The summed E-state index contributed by atoms with van der Waals surface area (Å²) in [7, 11) is 0. The third kappa shape index (κ3) is 5.32. The molecule has 0 saturated carbocycles. The van der Waals surface area contributed by atoms with E-state index >= 15 is 0 Å². The Kier molecular flexibility index (Phi) is 6.51. The summed E-state index contributed by atoms with van der Waals surface area (Å²) in [6.07, 6.45) is 4.53. The number of carbonyl (C=O) groups excluding carboxylic acids is 1. The zero-order chi connectivity index (χ0) is 15.1. The number of hydrogen-bond donors (Lipinski definition) is 1. The molecule has 1 aromatic rings. The summed E-state index contributed by atoms with van der Waals surface area (Å²) in [5, 5.41) is 0. The minimum atomic E-state index is 0.246. The van der Waals surface area contributed by atoms with Crippen LogP contribution >= 0.6 is 11.8 Å². The first-order valence-electron chi connectivity index (χ1n) is 7.68. The van der Waals surface area contributed by atoms with E-state index in [0.717, 1.165) is 43.1 Å². The van der Waals surface area contributed by atoms with Crippen LogP contribution in [0.2, 0.25) is 0 Å². The Hall–Kier alpha value is -1.07. The molecule has 1 amide bonds. The fourth-order valence-corrected chi connectivity index (χ4v) is 3.50. The quantitative estimate of drug-likeness (QED) is 0.819. The minimum absolute atomic E-state index is 0.246. The van der Waals surface area contributed by atoms with Crippen LogP contribution in [0, 0.1) is 5.92 Å². The summed E-state index contributed by atoms with van der Waals surface area (Å²) in [6, 6.07) is 6.18. The van der Waals surface area contributed by atoms with Crippen LogP contribution in [-0.2, 0) is 10.5 Å². The Morgan fingerprint density at radius 3 is 2.86 bits per heavy atom. The molecule has 2 heterocycles. The van der Waals surface area contributed by atoms with Gasteiger partial charge in [0.05, 0.1) is 5.69 Å². The fourth-order valence-electron chi connectivity index (χ4n) is 2.65. The van der Waals surface area contributed by atoms with Crippen LogP contribution in [0.4, 0.5) is 0 Å². The molecule has 2 N–H and O–H groups in total. The first kappa shape index (κ1) is 16.3. The van der Waals surface area contributed by atoms with Gasteiger partial charge in [-0.05, 0) is 37.8 Å². The molecule has 4 nitrogen and oxygen atoms in total. The monoisotopic (exact) mass is 307 g/mol. The van der Waals surface area contributed by atoms with Gasteiger partial charge in [0, 0.05) is 43.3 Å². The lowest BCUT2D eigenvalue weighted by atomic mass is 9.91. The summed E-state index contributed by atoms with van der Waals surface area (Å²) < 4.78 is 0. The van der Waals surface area contributed by atoms with Crippen LogP contribution in [0.3, 0.4) is 0 Å². The van der Waals surface area contributed by atoms with Crippen molar-refractivity contribution in [2.75, 3.05) is 18.8 Å². The Morgan fingerprint density at radius 1 is 1.48 bits per heavy atom. The summed E-state index contributed by atoms with van der Waals surface area (Å²) >= 11 is 1.77. The van der Waals surface area contributed by atoms with E-state index in [1.807, 2.05) is 29.3 Å². The highest BCUT2D eigenvalue weighted by molar-refractivity contribution is 7.98. The average molecular weight is 307 g/mol. The van der Waals surface area contributed by atoms with E-state index in [1.165, 1.54) is 0 Å². The largest absolute Gasteiger partial charge is 0.343 e. The highest BCUT2D eigenvalue weighted by Crippen LogP contribution is 2.20. The summed E-state index contributed by atoms with van der Waals surface area (Å²) in [5.74, 6) is 2.60. The molecule has 0 aromatic carbocycles. The van der Waals surface area contributed by atoms with Crippen molar-refractivity contribution in [2.45, 2.75) is 38.0 Å². The Bertz CT molecular complexity index is 430. The molecule has 1 aliphatic rings. The van der Waals surface area contributed by atoms with Gasteiger partial charge in [0.25, 0.3) is 0 Å². The maximum atomic E-state index is 12.2. The van der Waals surface area contributed by atoms with Gasteiger partial charge in [0.1, 0.15) is 0 Å². The Balaban J connectivity index is 1.62. The van der Waals surface area contributed by atoms with Crippen molar-refractivity contribution in [3.8, 4) is 0 Å². The van der Waals surface area contributed by atoms with E-state index in [9.17, 15) is 4.79 Å². The van der Waals surface area contributed by atoms with Crippen molar-refractivity contribution >= 4 is 17.7 Å². The van der Waals surface area contributed by atoms with Gasteiger partial charge in [0.2, 0.25) is 5.91 Å². The number of aromatic nitrogens is 1. The SMILES string of the molecule is CC(N)C1CCN(C(=O)CCSCc2ccccn2)CC1. The van der Waals surface area contributed by atoms with Crippen LogP contribution in [0.1, 0.15) is 31.9 Å². The maximum Gasteiger partial charge on any atom is 0.223 e. The molecule has 1 fully saturated rings. The van der Waals surface area contributed by atoms with Gasteiger partial charge in [-0.2, -0.15) is 11.8 Å². The number of amides is 1. The zero-order valence-electron chi connectivity index (χ0n) is 12.7. The number of hydrogen-bond acceptors (Lipinski definition) is 4. The Labute approximate surface area is 131 Å². The number of pyridine rings is 1. The second kappa shape index (κ2) is 8.39. The molecule has 0 bridgehead atoms. The van der Waals surface area contributed by atoms with Crippen molar-refractivity contribution < 1.29 is 4.79 Å². The summed E-state index contributed by atoms with van der Waals surface area (Å²) in [4.78, 5) is 18.4. The molecule has 0 radical (unpaired) electrons. The predicted molar refractivity (Wildman–Crippen MR) is 88.0 cm³/mol. The van der Waals surface area contributed by atoms with Crippen molar-refractivity contribution in [1.29, 1.82) is 0 Å². The van der Waals surface area contributed by atoms with E-state index in [4.69, 9.17) is 5.73 Å². The fraction of sp³-hybridized carbons (Fsp3) is 0.625. The molecule has 21 heavy (non-hydrogen) atoms. The van der Waals surface area contributed by atoms with E-state index < -0.39 is 0 Å². The number of piperidine rings is 1. The molecule has 1 aromatic heterocycles. The normalized spacial score (nSPS) is 17.7. The van der Waals surface area contributed by atoms with Crippen molar-refractivity contribution in [3.63, 3.8) is 0 Å². The molecule has 5 heteroatoms. The van der Waals surface area contributed by atoms with E-state index in [-0.39, 0.29) is 11.9 Å². The van der Waals surface area contributed by atoms with Crippen LogP contribution < -0.4 is 5.73 Å². The summed E-state index contributed by atoms with van der Waals surface area (Å²) in [5.41, 5.74) is 7.01. The third-order valence-electron chi connectivity index (χ3n) is 4.07. The van der Waals surface area contributed by atoms with Gasteiger partial charge in [-0.3, -0.25) is 9.78 Å². The minimum Gasteiger partial charge on any atom is -0.343 e. The van der Waals surface area contributed by atoms with Crippen LogP contribution in [0.25, 0.3) is 0 Å². The maximum absolute atomic E-state index is 12.2. The molecule has 1 unspecified atom stereocenters. The lowest BCUT2D eigenvalue weighted by molar-refractivity contribution is -0.132. The van der Waals surface area contributed by atoms with E-state index in [1.54, 1.807) is 11.8 Å². The molecule has 116 valence electrons. The van der Waals surface area contributed by atoms with E-state index in [0.29, 0.717) is 12.3 Å². The lowest BCUT2D eigenvalue weighted by Crippen LogP contribution is -2.42. The van der Waals surface area contributed by atoms with Gasteiger partial charge >= 0.3 is 0 Å². The van der Waals surface area contributed by atoms with Crippen LogP contribution in [-0.4, -0.2) is 40.7 Å². The van der Waals surface area contributed by atoms with Gasteiger partial charge in [-0.1, -0.05) is 6.07 Å². The number of rotatable bonds is 6. The smallest absolute Gasteiger partial charge is 0.223 e. The number of nitrogens with two attached hydrogens (primary N) is 1. The van der Waals surface area contributed by atoms with Crippen LogP contribution in [0.5, 0.6) is 0 Å². The van der Waals surface area contributed by atoms with Gasteiger partial charge in [0.15, 0.2) is 0 Å². The number of thioether (sulfide) groups is 1. The number of carbonyl (C=O) groups is 1. The zero-order valence-corrected chi connectivity index (χ0v) is 13.5. The molecule has 0 aliphatic carbocycles. The second-order valence-electron chi connectivity index (χ2n) is 5.70. The molecule has 1 aliphatic heterocycles. The summed E-state index contributed by atoms with van der Waals surface area (Å²) in [6.45, 7) is 3.81.